The molecule has 0 aromatic heterocycles. The number of likely N-dealkylation sites (N-methyl/N-ethyl adjacent to an activating group) is 1. The average Bonchev–Trinajstić information content (AvgIpc) is 2.97. The number of piperidine rings is 1. The van der Waals surface area contributed by atoms with E-state index in [1.807, 2.05) is 0 Å². The first-order chi connectivity index (χ1) is 12.1. The van der Waals surface area contributed by atoms with Gasteiger partial charge >= 0.3 is 6.03 Å². The molecule has 152 valence electrons. The van der Waals surface area contributed by atoms with Crippen molar-refractivity contribution in [2.24, 2.45) is 0 Å². The summed E-state index contributed by atoms with van der Waals surface area (Å²) >= 11 is 0. The van der Waals surface area contributed by atoms with E-state index >= 15 is 0 Å². The number of carbonyl (C=O) groups is 1. The molecule has 3 aliphatic heterocycles. The molecule has 14 heteroatoms. The lowest BCUT2D eigenvalue weighted by atomic mass is 9.74. The summed E-state index contributed by atoms with van der Waals surface area (Å²) < 4.78 is 0. The van der Waals surface area contributed by atoms with Crippen LogP contribution in [0.15, 0.2) is 23.7 Å². The quantitative estimate of drug-likeness (QED) is 0.197. The molecule has 3 aliphatic rings. The van der Waals surface area contributed by atoms with Crippen LogP contribution in [0, 0.1) is 0 Å². The maximum Gasteiger partial charge on any atom is 0.322 e. The van der Waals surface area contributed by atoms with Crippen molar-refractivity contribution in [3.63, 3.8) is 0 Å². The first-order valence-electron chi connectivity index (χ1n) is 7.66. The minimum Gasteiger partial charge on any atom is -0.379 e. The summed E-state index contributed by atoms with van der Waals surface area (Å²) in [5.74, 6) is -11.7. The zero-order chi connectivity index (χ0) is 20.6. The van der Waals surface area contributed by atoms with Crippen LogP contribution in [0.25, 0.3) is 0 Å². The van der Waals surface area contributed by atoms with Gasteiger partial charge in [0.25, 0.3) is 17.6 Å². The summed E-state index contributed by atoms with van der Waals surface area (Å²) in [7, 11) is 0.992. The van der Waals surface area contributed by atoms with Gasteiger partial charge in [-0.2, -0.15) is 0 Å². The van der Waals surface area contributed by atoms with E-state index in [1.54, 1.807) is 0 Å². The number of nitrogens with one attached hydrogen (secondary N) is 4. The Hall–Kier alpha value is -2.01. The normalized spacial score (nSPS) is 38.6. The summed E-state index contributed by atoms with van der Waals surface area (Å²) in [6.45, 7) is 0.529. The van der Waals surface area contributed by atoms with Gasteiger partial charge in [0.05, 0.1) is 0 Å². The molecule has 0 aliphatic carbocycles. The van der Waals surface area contributed by atoms with Gasteiger partial charge in [0, 0.05) is 12.6 Å². The minimum absolute atomic E-state index is 0.249. The number of amides is 2. The highest BCUT2D eigenvalue weighted by molar-refractivity contribution is 5.79. The van der Waals surface area contributed by atoms with Gasteiger partial charge in [-0.05, 0) is 19.2 Å². The molecule has 3 unspecified atom stereocenters. The van der Waals surface area contributed by atoms with E-state index in [0.29, 0.717) is 11.8 Å². The first kappa shape index (κ1) is 19.7. The van der Waals surface area contributed by atoms with Gasteiger partial charge in [0.2, 0.25) is 5.72 Å². The summed E-state index contributed by atoms with van der Waals surface area (Å²) in [6, 6.07) is -0.756. The molecular weight excluding hydrogens is 370 g/mol. The van der Waals surface area contributed by atoms with Crippen LogP contribution in [0.2, 0.25) is 0 Å². The molecule has 0 spiro atoms. The molecule has 3 atom stereocenters. The third kappa shape index (κ3) is 2.24. The van der Waals surface area contributed by atoms with E-state index in [-0.39, 0.29) is 11.4 Å². The van der Waals surface area contributed by atoms with Crippen molar-refractivity contribution in [3.05, 3.63) is 23.7 Å². The number of nitrogens with zero attached hydrogens (tertiary/aromatic N) is 1. The molecule has 0 aromatic rings. The van der Waals surface area contributed by atoms with Crippen LogP contribution in [-0.4, -0.2) is 93.9 Å². The Bertz CT molecular complexity index is 746. The van der Waals surface area contributed by atoms with Gasteiger partial charge in [0.15, 0.2) is 5.60 Å². The smallest absolute Gasteiger partial charge is 0.322 e. The Morgan fingerprint density at radius 1 is 1.04 bits per heavy atom. The molecule has 0 radical (unpaired) electrons. The zero-order valence-corrected chi connectivity index (χ0v) is 14.2. The van der Waals surface area contributed by atoms with Gasteiger partial charge in [-0.25, -0.2) is 10.1 Å². The van der Waals surface area contributed by atoms with Crippen molar-refractivity contribution in [2.45, 2.75) is 42.0 Å². The molecular formula is C13H21N5O9. The standard InChI is InChI=1S/C13H21N5O9/c1-9(20)10(21,12(24,25)17-13(26,27)11(9,22)23)18(2)7-5-3-4-14-6(5)15-8(19)16-7/h3-4,6,14,17,20-27H,1-2H3,(H2,15,16,19). The molecule has 14 nitrogen and oxygen atoms in total. The van der Waals surface area contributed by atoms with Gasteiger partial charge in [-0.3, -0.25) is 5.32 Å². The Kier molecular flexibility index (Phi) is 3.86. The first-order valence-corrected chi connectivity index (χ1v) is 7.66. The van der Waals surface area contributed by atoms with Crippen molar-refractivity contribution in [1.29, 1.82) is 0 Å². The molecule has 1 saturated heterocycles. The minimum atomic E-state index is -3.91. The van der Waals surface area contributed by atoms with E-state index in [9.17, 15) is 45.6 Å². The predicted octanol–water partition coefficient (Wildman–Crippen LogP) is -6.11. The van der Waals surface area contributed by atoms with Crippen molar-refractivity contribution in [1.82, 2.24) is 26.2 Å². The largest absolute Gasteiger partial charge is 0.379 e. The lowest BCUT2D eigenvalue weighted by Gasteiger charge is -2.62. The van der Waals surface area contributed by atoms with E-state index in [1.165, 1.54) is 17.6 Å². The fraction of sp³-hybridized carbons (Fsp3) is 0.615. The van der Waals surface area contributed by atoms with Crippen molar-refractivity contribution in [2.75, 3.05) is 7.05 Å². The van der Waals surface area contributed by atoms with Gasteiger partial charge in [0.1, 0.15) is 12.0 Å². The summed E-state index contributed by atoms with van der Waals surface area (Å²) in [5, 5.41) is 90.6. The van der Waals surface area contributed by atoms with Crippen LogP contribution >= 0.6 is 0 Å². The third-order valence-corrected chi connectivity index (χ3v) is 5.12. The van der Waals surface area contributed by atoms with Crippen LogP contribution < -0.4 is 21.3 Å². The zero-order valence-electron chi connectivity index (χ0n) is 14.2. The highest BCUT2D eigenvalue weighted by Gasteiger charge is 2.81. The molecule has 0 aromatic carbocycles. The Morgan fingerprint density at radius 2 is 1.63 bits per heavy atom. The van der Waals surface area contributed by atoms with Crippen molar-refractivity contribution in [3.8, 4) is 0 Å². The second-order valence-corrected chi connectivity index (χ2v) is 6.78. The maximum absolute atomic E-state index is 11.8. The number of carbonyl (C=O) groups excluding carboxylic acids is 1. The molecule has 0 bridgehead atoms. The third-order valence-electron chi connectivity index (χ3n) is 5.12. The topological polar surface area (TPSA) is 230 Å². The lowest BCUT2D eigenvalue weighted by molar-refractivity contribution is -0.529. The number of aliphatic hydroxyl groups is 8. The maximum atomic E-state index is 11.8. The number of urea groups is 1. The van der Waals surface area contributed by atoms with Crippen LogP contribution in [-0.2, 0) is 0 Å². The van der Waals surface area contributed by atoms with Crippen LogP contribution in [0.1, 0.15) is 6.92 Å². The molecule has 27 heavy (non-hydrogen) atoms. The second-order valence-electron chi connectivity index (χ2n) is 6.78. The van der Waals surface area contributed by atoms with E-state index in [4.69, 9.17) is 0 Å². The Labute approximate surface area is 151 Å². The van der Waals surface area contributed by atoms with Gasteiger partial charge < -0.3 is 56.4 Å². The number of hydrogen-bond donors (Lipinski definition) is 12. The van der Waals surface area contributed by atoms with E-state index < -0.39 is 41.1 Å². The number of fused-ring (bicyclic) bond motifs is 1. The monoisotopic (exact) mass is 391 g/mol. The van der Waals surface area contributed by atoms with Crippen molar-refractivity contribution < 1.29 is 45.6 Å². The summed E-state index contributed by atoms with van der Waals surface area (Å²) in [4.78, 5) is 12.4. The summed E-state index contributed by atoms with van der Waals surface area (Å²) in [6.07, 6.45) is 2.15. The molecule has 12 N–H and O–H groups in total. The fourth-order valence-electron chi connectivity index (χ4n) is 3.44. The summed E-state index contributed by atoms with van der Waals surface area (Å²) in [5.41, 5.74) is -6.57. The SMILES string of the molecule is CN(C1=C2C=CNC2NC(=O)N1)C1(O)C(O)(O)NC(O)(O)C(O)(O)C1(C)O. The Balaban J connectivity index is 2.18. The lowest BCUT2D eigenvalue weighted by Crippen LogP contribution is -2.94. The van der Waals surface area contributed by atoms with Crippen LogP contribution in [0.4, 0.5) is 4.79 Å². The Morgan fingerprint density at radius 3 is 2.22 bits per heavy atom. The van der Waals surface area contributed by atoms with Gasteiger partial charge in [-0.15, -0.1) is 0 Å². The molecule has 2 amide bonds. The van der Waals surface area contributed by atoms with Crippen LogP contribution in [0.5, 0.6) is 0 Å². The van der Waals surface area contributed by atoms with Crippen molar-refractivity contribution >= 4 is 6.03 Å². The predicted molar refractivity (Wildman–Crippen MR) is 82.7 cm³/mol. The van der Waals surface area contributed by atoms with E-state index in [2.05, 4.69) is 16.0 Å². The average molecular weight is 391 g/mol. The van der Waals surface area contributed by atoms with E-state index in [0.717, 1.165) is 7.05 Å². The molecule has 3 rings (SSSR count). The fourth-order valence-corrected chi connectivity index (χ4v) is 3.44. The molecule has 0 saturated carbocycles. The highest BCUT2D eigenvalue weighted by atomic mass is 16.7. The highest BCUT2D eigenvalue weighted by Crippen LogP contribution is 2.48. The van der Waals surface area contributed by atoms with Crippen LogP contribution in [0.3, 0.4) is 0 Å². The van der Waals surface area contributed by atoms with Gasteiger partial charge in [-0.1, -0.05) is 0 Å². The number of rotatable bonds is 2. The molecule has 3 heterocycles. The number of hydrogen-bond acceptors (Lipinski definition) is 12. The second kappa shape index (κ2) is 5.28. The molecule has 1 fully saturated rings.